The van der Waals surface area contributed by atoms with Gasteiger partial charge in [-0.1, -0.05) is 6.92 Å². The molecule has 2 heterocycles. The third kappa shape index (κ3) is 4.91. The number of carbonyl (C=O) groups excluding carboxylic acids is 2. The summed E-state index contributed by atoms with van der Waals surface area (Å²) in [7, 11) is 1.95. The van der Waals surface area contributed by atoms with Gasteiger partial charge in [-0.2, -0.15) is 0 Å². The molecule has 2 aliphatic heterocycles. The maximum absolute atomic E-state index is 13.7. The second-order valence-electron chi connectivity index (χ2n) is 10.9. The normalized spacial score (nSPS) is 46.4. The topological polar surface area (TPSA) is 61.4 Å². The highest BCUT2D eigenvalue weighted by atomic mass is 19.1. The van der Waals surface area contributed by atoms with E-state index < -0.39 is 18.4 Å². The lowest BCUT2D eigenvalue weighted by molar-refractivity contribution is -0.150. The smallest absolute Gasteiger partial charge is 0.225 e. The summed E-state index contributed by atoms with van der Waals surface area (Å²) in [4.78, 5) is 28.3. The number of fused-ring (bicyclic) bond motifs is 1. The second kappa shape index (κ2) is 9.32. The van der Waals surface area contributed by atoms with Crippen LogP contribution in [0.3, 0.4) is 0 Å². The van der Waals surface area contributed by atoms with Gasteiger partial charge in [0.25, 0.3) is 0 Å². The number of halogens is 2. The molecule has 4 fully saturated rings. The Morgan fingerprint density at radius 1 is 1.03 bits per heavy atom. The molecule has 0 aromatic heterocycles. The molecule has 2 saturated heterocycles. The van der Waals surface area contributed by atoms with Crippen molar-refractivity contribution in [1.29, 1.82) is 0 Å². The Hall–Kier alpha value is -1.24. The van der Waals surface area contributed by atoms with Gasteiger partial charge in [0.05, 0.1) is 0 Å². The number of nitrogens with zero attached hydrogens (tertiary/aromatic N) is 1. The van der Waals surface area contributed by atoms with Gasteiger partial charge in [-0.25, -0.2) is 8.78 Å². The molecule has 0 aromatic rings. The molecule has 9 unspecified atom stereocenters. The van der Waals surface area contributed by atoms with Gasteiger partial charge in [-0.05, 0) is 69.6 Å². The van der Waals surface area contributed by atoms with E-state index in [0.717, 1.165) is 32.2 Å². The monoisotopic (exact) mass is 439 g/mol. The zero-order chi connectivity index (χ0) is 22.3. The van der Waals surface area contributed by atoms with E-state index in [0.29, 0.717) is 30.3 Å². The minimum Gasteiger partial charge on any atom is -0.353 e. The Balaban J connectivity index is 1.40. The Kier molecular flexibility index (Phi) is 6.90. The van der Waals surface area contributed by atoms with Crippen molar-refractivity contribution < 1.29 is 18.4 Å². The number of nitrogens with one attached hydrogen (secondary N) is 2. The highest BCUT2D eigenvalue weighted by Gasteiger charge is 2.47. The molecule has 0 radical (unpaired) electrons. The summed E-state index contributed by atoms with van der Waals surface area (Å²) in [5, 5.41) is 6.50. The molecule has 9 atom stereocenters. The average Bonchev–Trinajstić information content (AvgIpc) is 2.71. The summed E-state index contributed by atoms with van der Waals surface area (Å²) < 4.78 is 27.5. The van der Waals surface area contributed by atoms with E-state index in [-0.39, 0.29) is 48.8 Å². The first-order chi connectivity index (χ1) is 14.7. The Morgan fingerprint density at radius 2 is 1.74 bits per heavy atom. The molecule has 2 aliphatic carbocycles. The van der Waals surface area contributed by atoms with Crippen LogP contribution >= 0.6 is 0 Å². The van der Waals surface area contributed by atoms with Crippen LogP contribution in [0.5, 0.6) is 0 Å². The number of alkyl halides is 2. The van der Waals surface area contributed by atoms with Crippen LogP contribution in [0.15, 0.2) is 0 Å². The summed E-state index contributed by atoms with van der Waals surface area (Å²) in [5.74, 6) is 1.02. The number of likely N-dealkylation sites (tertiary alicyclic amines) is 1. The van der Waals surface area contributed by atoms with Crippen LogP contribution in [-0.2, 0) is 9.59 Å². The molecule has 0 spiro atoms. The zero-order valence-electron chi connectivity index (χ0n) is 19.2. The highest BCUT2D eigenvalue weighted by Crippen LogP contribution is 2.44. The van der Waals surface area contributed by atoms with Gasteiger partial charge < -0.3 is 15.5 Å². The molecule has 176 valence electrons. The van der Waals surface area contributed by atoms with Crippen molar-refractivity contribution in [1.82, 2.24) is 15.5 Å². The fourth-order valence-electron chi connectivity index (χ4n) is 6.83. The largest absolute Gasteiger partial charge is 0.353 e. The zero-order valence-corrected chi connectivity index (χ0v) is 19.2. The first kappa shape index (κ1) is 22.9. The van der Waals surface area contributed by atoms with Crippen LogP contribution in [0.4, 0.5) is 8.78 Å². The van der Waals surface area contributed by atoms with Gasteiger partial charge in [0.1, 0.15) is 12.3 Å². The van der Waals surface area contributed by atoms with Crippen molar-refractivity contribution in [2.45, 2.75) is 95.7 Å². The van der Waals surface area contributed by atoms with Crippen LogP contribution in [0, 0.1) is 29.6 Å². The molecule has 4 aliphatic rings. The average molecular weight is 440 g/mol. The molecular formula is C24H39F2N3O2. The first-order valence-corrected chi connectivity index (χ1v) is 12.3. The standard InChI is InChI=1S/C24H39F2N3O2/c1-13-4-5-15(23(30)28-19-10-17(25)9-18(26)11-19)7-20(13)21-8-16-12-27-14(2)6-22(16)29(3)24(21)31/h13-22,27H,4-12H2,1-3H3,(H,28,30). The predicted molar refractivity (Wildman–Crippen MR) is 116 cm³/mol. The molecule has 7 heteroatoms. The van der Waals surface area contributed by atoms with Gasteiger partial charge in [0, 0.05) is 50.0 Å². The minimum atomic E-state index is -1.18. The lowest BCUT2D eigenvalue weighted by atomic mass is 9.64. The summed E-state index contributed by atoms with van der Waals surface area (Å²) in [5.41, 5.74) is 0. The molecule has 0 bridgehead atoms. The second-order valence-corrected chi connectivity index (χ2v) is 10.9. The van der Waals surface area contributed by atoms with Gasteiger partial charge in [0.15, 0.2) is 0 Å². The number of piperidine rings is 2. The Labute approximate surface area is 185 Å². The molecule has 5 nitrogen and oxygen atoms in total. The van der Waals surface area contributed by atoms with E-state index in [1.165, 1.54) is 0 Å². The van der Waals surface area contributed by atoms with Crippen molar-refractivity contribution in [2.75, 3.05) is 13.6 Å². The van der Waals surface area contributed by atoms with Crippen molar-refractivity contribution >= 4 is 11.8 Å². The van der Waals surface area contributed by atoms with E-state index in [2.05, 4.69) is 24.5 Å². The Morgan fingerprint density at radius 3 is 2.45 bits per heavy atom. The number of carbonyl (C=O) groups is 2. The van der Waals surface area contributed by atoms with Crippen LogP contribution in [0.25, 0.3) is 0 Å². The molecule has 4 rings (SSSR count). The quantitative estimate of drug-likeness (QED) is 0.710. The third-order valence-corrected chi connectivity index (χ3v) is 8.67. The van der Waals surface area contributed by atoms with E-state index in [9.17, 15) is 18.4 Å². The summed E-state index contributed by atoms with van der Waals surface area (Å²) in [6, 6.07) is 0.330. The molecule has 2 amide bonds. The molecule has 0 aromatic carbocycles. The van der Waals surface area contributed by atoms with Crippen molar-refractivity contribution in [2.24, 2.45) is 29.6 Å². The number of hydrogen-bond acceptors (Lipinski definition) is 3. The third-order valence-electron chi connectivity index (χ3n) is 8.67. The number of amides is 2. The SMILES string of the molecule is CC1CC2C(CN1)CC(C1CC(C(=O)NC3CC(F)CC(F)C3)CCC1C)C(=O)N2C. The van der Waals surface area contributed by atoms with Gasteiger partial charge in [-0.15, -0.1) is 0 Å². The van der Waals surface area contributed by atoms with Gasteiger partial charge in [0.2, 0.25) is 11.8 Å². The van der Waals surface area contributed by atoms with Crippen LogP contribution in [-0.4, -0.2) is 60.8 Å². The fourth-order valence-corrected chi connectivity index (χ4v) is 6.83. The molecule has 2 saturated carbocycles. The summed E-state index contributed by atoms with van der Waals surface area (Å²) in [6.07, 6.45) is 2.30. The Bertz CT molecular complexity index is 667. The van der Waals surface area contributed by atoms with Crippen LogP contribution < -0.4 is 10.6 Å². The lowest BCUT2D eigenvalue weighted by Gasteiger charge is -2.50. The molecule has 2 N–H and O–H groups in total. The summed E-state index contributed by atoms with van der Waals surface area (Å²) >= 11 is 0. The van der Waals surface area contributed by atoms with Crippen molar-refractivity contribution in [3.8, 4) is 0 Å². The lowest BCUT2D eigenvalue weighted by Crippen LogP contribution is -2.60. The van der Waals surface area contributed by atoms with E-state index >= 15 is 0 Å². The minimum absolute atomic E-state index is 0.0350. The van der Waals surface area contributed by atoms with Crippen molar-refractivity contribution in [3.63, 3.8) is 0 Å². The molecular weight excluding hydrogens is 400 g/mol. The van der Waals surface area contributed by atoms with Gasteiger partial charge in [-0.3, -0.25) is 9.59 Å². The molecule has 31 heavy (non-hydrogen) atoms. The number of rotatable bonds is 3. The fraction of sp³-hybridized carbons (Fsp3) is 0.917. The van der Waals surface area contributed by atoms with Crippen LogP contribution in [0.1, 0.15) is 65.2 Å². The van der Waals surface area contributed by atoms with E-state index in [1.807, 2.05) is 11.9 Å². The first-order valence-electron chi connectivity index (χ1n) is 12.3. The maximum atomic E-state index is 13.7. The maximum Gasteiger partial charge on any atom is 0.225 e. The predicted octanol–water partition coefficient (Wildman–Crippen LogP) is 3.23. The van der Waals surface area contributed by atoms with Gasteiger partial charge >= 0.3 is 0 Å². The van der Waals surface area contributed by atoms with Crippen LogP contribution in [0.2, 0.25) is 0 Å². The number of hydrogen-bond donors (Lipinski definition) is 2. The van der Waals surface area contributed by atoms with E-state index in [1.54, 1.807) is 0 Å². The van der Waals surface area contributed by atoms with E-state index in [4.69, 9.17) is 0 Å². The highest BCUT2D eigenvalue weighted by molar-refractivity contribution is 5.81. The van der Waals surface area contributed by atoms with Crippen molar-refractivity contribution in [3.05, 3.63) is 0 Å². The summed E-state index contributed by atoms with van der Waals surface area (Å²) in [6.45, 7) is 5.33.